The van der Waals surface area contributed by atoms with E-state index in [1.165, 1.54) is 18.4 Å². The Balaban J connectivity index is 2.32. The molecule has 4 nitrogen and oxygen atoms in total. The van der Waals surface area contributed by atoms with E-state index in [9.17, 15) is 4.79 Å². The number of carbonyl (C=O) groups excluding carboxylic acids is 1. The van der Waals surface area contributed by atoms with Crippen LogP contribution in [0.4, 0.5) is 4.79 Å². The Morgan fingerprint density at radius 1 is 1.13 bits per heavy atom. The zero-order valence-electron chi connectivity index (χ0n) is 15.1. The predicted molar refractivity (Wildman–Crippen MR) is 95.5 cm³/mol. The van der Waals surface area contributed by atoms with Crippen LogP contribution < -0.4 is 5.32 Å². The number of ether oxygens (including phenoxy) is 1. The molecule has 130 valence electrons. The maximum Gasteiger partial charge on any atom is 0.407 e. The Morgan fingerprint density at radius 3 is 2.39 bits per heavy atom. The summed E-state index contributed by atoms with van der Waals surface area (Å²) in [5.74, 6) is 0. The summed E-state index contributed by atoms with van der Waals surface area (Å²) in [4.78, 5) is 14.1. The Kier molecular flexibility index (Phi) is 8.70. The first-order valence-corrected chi connectivity index (χ1v) is 8.64. The van der Waals surface area contributed by atoms with Crippen LogP contribution in [-0.4, -0.2) is 36.2 Å². The van der Waals surface area contributed by atoms with Crippen LogP contribution in [0.25, 0.3) is 0 Å². The lowest BCUT2D eigenvalue weighted by Crippen LogP contribution is -2.34. The Hall–Kier alpha value is -1.55. The molecule has 1 rings (SSSR count). The van der Waals surface area contributed by atoms with E-state index in [2.05, 4.69) is 41.4 Å². The minimum absolute atomic E-state index is 0.333. The quantitative estimate of drug-likeness (QED) is 0.693. The van der Waals surface area contributed by atoms with Gasteiger partial charge in [-0.15, -0.1) is 0 Å². The van der Waals surface area contributed by atoms with Crippen LogP contribution in [0.2, 0.25) is 0 Å². The molecule has 1 amide bonds. The summed E-state index contributed by atoms with van der Waals surface area (Å²) in [7, 11) is 0. The van der Waals surface area contributed by atoms with E-state index in [-0.39, 0.29) is 6.09 Å². The van der Waals surface area contributed by atoms with Crippen LogP contribution in [0.1, 0.15) is 52.5 Å². The van der Waals surface area contributed by atoms with Gasteiger partial charge in [-0.3, -0.25) is 4.90 Å². The molecule has 0 fully saturated rings. The van der Waals surface area contributed by atoms with Crippen molar-refractivity contribution in [2.45, 2.75) is 59.1 Å². The van der Waals surface area contributed by atoms with Gasteiger partial charge in [-0.25, -0.2) is 4.79 Å². The van der Waals surface area contributed by atoms with E-state index in [1.54, 1.807) is 0 Å². The molecule has 4 heteroatoms. The van der Waals surface area contributed by atoms with Gasteiger partial charge < -0.3 is 10.1 Å². The molecule has 0 aromatic heterocycles. The zero-order valence-corrected chi connectivity index (χ0v) is 15.1. The van der Waals surface area contributed by atoms with Gasteiger partial charge in [0.2, 0.25) is 0 Å². The predicted octanol–water partition coefficient (Wildman–Crippen LogP) is 4.20. The summed E-state index contributed by atoms with van der Waals surface area (Å²) in [6.07, 6.45) is 2.99. The Morgan fingerprint density at radius 2 is 1.78 bits per heavy atom. The molecule has 0 atom stereocenters. The fourth-order valence-electron chi connectivity index (χ4n) is 2.30. The summed E-state index contributed by atoms with van der Waals surface area (Å²) in [6.45, 7) is 11.5. The van der Waals surface area contributed by atoms with E-state index in [0.29, 0.717) is 6.54 Å². The lowest BCUT2D eigenvalue weighted by Gasteiger charge is -2.23. The molecule has 0 radical (unpaired) electrons. The molecule has 0 bridgehead atoms. The molecular weight excluding hydrogens is 288 g/mol. The molecule has 0 aliphatic rings. The van der Waals surface area contributed by atoms with Crippen molar-refractivity contribution >= 4 is 6.09 Å². The third kappa shape index (κ3) is 9.95. The van der Waals surface area contributed by atoms with Crippen molar-refractivity contribution in [3.63, 3.8) is 0 Å². The summed E-state index contributed by atoms with van der Waals surface area (Å²) in [5.41, 5.74) is 0.897. The summed E-state index contributed by atoms with van der Waals surface area (Å²) < 4.78 is 5.24. The summed E-state index contributed by atoms with van der Waals surface area (Å²) in [6, 6.07) is 10.5. The summed E-state index contributed by atoms with van der Waals surface area (Å²) >= 11 is 0. The van der Waals surface area contributed by atoms with Gasteiger partial charge in [0, 0.05) is 19.6 Å². The fraction of sp³-hybridized carbons (Fsp3) is 0.632. The van der Waals surface area contributed by atoms with E-state index < -0.39 is 5.60 Å². The molecular formula is C19H32N2O2. The normalized spacial score (nSPS) is 11.5. The van der Waals surface area contributed by atoms with Crippen molar-refractivity contribution in [1.29, 1.82) is 0 Å². The Bertz CT molecular complexity index is 440. The Labute approximate surface area is 141 Å². The number of nitrogens with one attached hydrogen (secondary N) is 1. The average molecular weight is 320 g/mol. The van der Waals surface area contributed by atoms with Crippen molar-refractivity contribution in [2.75, 3.05) is 19.6 Å². The van der Waals surface area contributed by atoms with Gasteiger partial charge in [-0.2, -0.15) is 0 Å². The number of carbonyl (C=O) groups is 1. The van der Waals surface area contributed by atoms with E-state index >= 15 is 0 Å². The third-order valence-corrected chi connectivity index (χ3v) is 3.40. The highest BCUT2D eigenvalue weighted by Crippen LogP contribution is 2.08. The SMILES string of the molecule is CCCCN(CCCNC(=O)OC(C)(C)C)Cc1ccccc1. The number of alkyl carbamates (subject to hydrolysis) is 1. The molecule has 23 heavy (non-hydrogen) atoms. The smallest absolute Gasteiger partial charge is 0.407 e. The van der Waals surface area contributed by atoms with Crippen LogP contribution >= 0.6 is 0 Å². The molecule has 0 unspecified atom stereocenters. The lowest BCUT2D eigenvalue weighted by atomic mass is 10.2. The number of benzene rings is 1. The van der Waals surface area contributed by atoms with Crippen LogP contribution in [-0.2, 0) is 11.3 Å². The lowest BCUT2D eigenvalue weighted by molar-refractivity contribution is 0.0525. The standard InChI is InChI=1S/C19H32N2O2/c1-5-6-14-21(16-17-11-8-7-9-12-17)15-10-13-20-18(22)23-19(2,3)4/h7-9,11-12H,5-6,10,13-16H2,1-4H3,(H,20,22). The molecule has 0 aliphatic carbocycles. The van der Waals surface area contributed by atoms with E-state index in [0.717, 1.165) is 26.1 Å². The first-order valence-electron chi connectivity index (χ1n) is 8.64. The third-order valence-electron chi connectivity index (χ3n) is 3.40. The maximum atomic E-state index is 11.6. The zero-order chi connectivity index (χ0) is 17.1. The molecule has 0 spiro atoms. The largest absolute Gasteiger partial charge is 0.444 e. The van der Waals surface area contributed by atoms with Crippen molar-refractivity contribution in [3.05, 3.63) is 35.9 Å². The number of hydrogen-bond donors (Lipinski definition) is 1. The van der Waals surface area contributed by atoms with Gasteiger partial charge in [-0.1, -0.05) is 43.7 Å². The number of rotatable bonds is 9. The topological polar surface area (TPSA) is 41.6 Å². The fourth-order valence-corrected chi connectivity index (χ4v) is 2.30. The summed E-state index contributed by atoms with van der Waals surface area (Å²) in [5, 5.41) is 2.83. The van der Waals surface area contributed by atoms with Crippen LogP contribution in [0.3, 0.4) is 0 Å². The van der Waals surface area contributed by atoms with Gasteiger partial charge in [0.15, 0.2) is 0 Å². The van der Waals surface area contributed by atoms with Crippen LogP contribution in [0.15, 0.2) is 30.3 Å². The van der Waals surface area contributed by atoms with Gasteiger partial charge in [-0.05, 0) is 45.7 Å². The molecule has 1 N–H and O–H groups in total. The van der Waals surface area contributed by atoms with Crippen molar-refractivity contribution in [1.82, 2.24) is 10.2 Å². The first kappa shape index (κ1) is 19.5. The second-order valence-corrected chi connectivity index (χ2v) is 6.90. The minimum Gasteiger partial charge on any atom is -0.444 e. The second kappa shape index (κ2) is 10.3. The van der Waals surface area contributed by atoms with Crippen molar-refractivity contribution in [2.24, 2.45) is 0 Å². The van der Waals surface area contributed by atoms with Gasteiger partial charge in [0.25, 0.3) is 0 Å². The van der Waals surface area contributed by atoms with Crippen LogP contribution in [0.5, 0.6) is 0 Å². The minimum atomic E-state index is -0.440. The second-order valence-electron chi connectivity index (χ2n) is 6.90. The van der Waals surface area contributed by atoms with Crippen molar-refractivity contribution in [3.8, 4) is 0 Å². The molecule has 0 saturated heterocycles. The van der Waals surface area contributed by atoms with Gasteiger partial charge in [0.1, 0.15) is 5.60 Å². The number of amides is 1. The number of nitrogens with zero attached hydrogens (tertiary/aromatic N) is 1. The van der Waals surface area contributed by atoms with Crippen LogP contribution in [0, 0.1) is 0 Å². The molecule has 0 heterocycles. The van der Waals surface area contributed by atoms with Gasteiger partial charge in [0.05, 0.1) is 0 Å². The molecule has 0 aliphatic heterocycles. The first-order chi connectivity index (χ1) is 10.9. The monoisotopic (exact) mass is 320 g/mol. The maximum absolute atomic E-state index is 11.6. The van der Waals surface area contributed by atoms with E-state index in [1.807, 2.05) is 26.8 Å². The highest BCUT2D eigenvalue weighted by Gasteiger charge is 2.15. The molecule has 0 saturated carbocycles. The highest BCUT2D eigenvalue weighted by molar-refractivity contribution is 5.67. The molecule has 1 aromatic carbocycles. The van der Waals surface area contributed by atoms with Crippen molar-refractivity contribution < 1.29 is 9.53 Å². The highest BCUT2D eigenvalue weighted by atomic mass is 16.6. The number of unbranched alkanes of at least 4 members (excludes halogenated alkanes) is 1. The number of hydrogen-bond acceptors (Lipinski definition) is 3. The van der Waals surface area contributed by atoms with E-state index in [4.69, 9.17) is 4.74 Å². The molecule has 1 aromatic rings. The van der Waals surface area contributed by atoms with Gasteiger partial charge >= 0.3 is 6.09 Å². The average Bonchev–Trinajstić information content (AvgIpc) is 2.48.